The highest BCUT2D eigenvalue weighted by Crippen LogP contribution is 2.21. The monoisotopic (exact) mass is 298 g/mol. The van der Waals surface area contributed by atoms with Gasteiger partial charge in [0.05, 0.1) is 17.9 Å². The van der Waals surface area contributed by atoms with Crippen LogP contribution in [0.15, 0.2) is 17.1 Å². The molecule has 1 fully saturated rings. The first-order valence-electron chi connectivity index (χ1n) is 6.19. The van der Waals surface area contributed by atoms with Gasteiger partial charge in [-0.2, -0.15) is 0 Å². The van der Waals surface area contributed by atoms with Crippen LogP contribution in [0.2, 0.25) is 0 Å². The molecule has 0 saturated carbocycles. The van der Waals surface area contributed by atoms with E-state index in [9.17, 15) is 14.4 Å². The van der Waals surface area contributed by atoms with E-state index in [1.165, 1.54) is 6.08 Å². The number of rotatable bonds is 3. The standard InChI is InChI=1S/C13H18N2O4S/c1-5-19-11(17)7-6-9(14-13(2,3)4)15-10(16)8-20-12(15)18/h6-7H,5,8H2,1-4H3/b7-6+,14-9?. The van der Waals surface area contributed by atoms with Crippen molar-refractivity contribution in [2.24, 2.45) is 4.99 Å². The minimum atomic E-state index is -0.541. The molecule has 0 spiro atoms. The van der Waals surface area contributed by atoms with E-state index in [4.69, 9.17) is 4.74 Å². The zero-order valence-corrected chi connectivity index (χ0v) is 12.8. The molecule has 0 aromatic heterocycles. The number of aliphatic imine (C=N–C) groups is 1. The minimum Gasteiger partial charge on any atom is -0.463 e. The highest BCUT2D eigenvalue weighted by molar-refractivity contribution is 8.14. The van der Waals surface area contributed by atoms with E-state index < -0.39 is 11.5 Å². The Morgan fingerprint density at radius 2 is 2.05 bits per heavy atom. The summed E-state index contributed by atoms with van der Waals surface area (Å²) in [4.78, 5) is 40.1. The van der Waals surface area contributed by atoms with Crippen LogP contribution < -0.4 is 0 Å². The summed E-state index contributed by atoms with van der Waals surface area (Å²) < 4.78 is 4.76. The second kappa shape index (κ2) is 6.69. The number of esters is 1. The summed E-state index contributed by atoms with van der Waals surface area (Å²) >= 11 is 0.919. The van der Waals surface area contributed by atoms with Crippen molar-refractivity contribution in [3.05, 3.63) is 12.2 Å². The maximum atomic E-state index is 11.7. The lowest BCUT2D eigenvalue weighted by Crippen LogP contribution is -2.36. The number of hydrogen-bond acceptors (Lipinski definition) is 6. The van der Waals surface area contributed by atoms with Gasteiger partial charge in [0.1, 0.15) is 5.84 Å². The van der Waals surface area contributed by atoms with Crippen LogP contribution in [-0.4, -0.2) is 45.7 Å². The van der Waals surface area contributed by atoms with Crippen LogP contribution in [0, 0.1) is 0 Å². The quantitative estimate of drug-likeness (QED) is 0.345. The molecule has 0 N–H and O–H groups in total. The summed E-state index contributed by atoms with van der Waals surface area (Å²) in [7, 11) is 0. The van der Waals surface area contributed by atoms with Gasteiger partial charge in [-0.25, -0.2) is 9.69 Å². The van der Waals surface area contributed by atoms with Crippen LogP contribution in [0.25, 0.3) is 0 Å². The molecule has 2 amide bonds. The Morgan fingerprint density at radius 1 is 1.40 bits per heavy atom. The van der Waals surface area contributed by atoms with Gasteiger partial charge in [-0.1, -0.05) is 11.8 Å². The van der Waals surface area contributed by atoms with Crippen molar-refractivity contribution in [1.29, 1.82) is 0 Å². The second-order valence-electron chi connectivity index (χ2n) is 5.01. The number of imide groups is 1. The van der Waals surface area contributed by atoms with Gasteiger partial charge in [-0.05, 0) is 33.8 Å². The lowest BCUT2D eigenvalue weighted by atomic mass is 10.1. The van der Waals surface area contributed by atoms with E-state index in [0.717, 1.165) is 22.7 Å². The maximum absolute atomic E-state index is 11.7. The highest BCUT2D eigenvalue weighted by Gasteiger charge is 2.33. The normalized spacial score (nSPS) is 17.2. The fraction of sp³-hybridized carbons (Fsp3) is 0.538. The molecule has 0 radical (unpaired) electrons. The number of thioether (sulfide) groups is 1. The number of amides is 2. The molecule has 1 heterocycles. The first-order valence-corrected chi connectivity index (χ1v) is 7.17. The van der Waals surface area contributed by atoms with Crippen LogP contribution in [0.3, 0.4) is 0 Å². The van der Waals surface area contributed by atoms with Crippen molar-refractivity contribution < 1.29 is 19.1 Å². The molecule has 7 heteroatoms. The van der Waals surface area contributed by atoms with Crippen LogP contribution in [-0.2, 0) is 14.3 Å². The van der Waals surface area contributed by atoms with E-state index in [1.54, 1.807) is 6.92 Å². The third-order valence-corrected chi connectivity index (χ3v) is 2.91. The Kier molecular flexibility index (Phi) is 5.50. The first-order chi connectivity index (χ1) is 9.24. The van der Waals surface area contributed by atoms with Gasteiger partial charge >= 0.3 is 5.97 Å². The van der Waals surface area contributed by atoms with Crippen LogP contribution in [0.5, 0.6) is 0 Å². The molecule has 0 atom stereocenters. The Balaban J connectivity index is 3.04. The molecule has 0 aromatic rings. The SMILES string of the molecule is CCOC(=O)/C=C/C(=NC(C)(C)C)N1C(=O)CSC1=O. The van der Waals surface area contributed by atoms with Crippen LogP contribution in [0.1, 0.15) is 27.7 Å². The van der Waals surface area contributed by atoms with E-state index in [0.29, 0.717) is 0 Å². The summed E-state index contributed by atoms with van der Waals surface area (Å²) in [5.41, 5.74) is -0.484. The van der Waals surface area contributed by atoms with Crippen molar-refractivity contribution in [3.8, 4) is 0 Å². The fourth-order valence-corrected chi connectivity index (χ4v) is 2.11. The van der Waals surface area contributed by atoms with Gasteiger partial charge in [0.15, 0.2) is 0 Å². The van der Waals surface area contributed by atoms with Crippen molar-refractivity contribution in [2.75, 3.05) is 12.4 Å². The molecule has 1 aliphatic heterocycles. The molecule has 0 bridgehead atoms. The molecule has 0 aliphatic carbocycles. The Morgan fingerprint density at radius 3 is 2.50 bits per heavy atom. The van der Waals surface area contributed by atoms with Gasteiger partial charge in [0.2, 0.25) is 5.91 Å². The Hall–Kier alpha value is -1.63. The predicted molar refractivity (Wildman–Crippen MR) is 77.7 cm³/mol. The topological polar surface area (TPSA) is 76.0 Å². The molecule has 110 valence electrons. The Bertz CT molecular complexity index is 461. The van der Waals surface area contributed by atoms with E-state index in [1.807, 2.05) is 20.8 Å². The molecule has 0 aromatic carbocycles. The second-order valence-corrected chi connectivity index (χ2v) is 5.94. The molecular weight excluding hydrogens is 280 g/mol. The van der Waals surface area contributed by atoms with E-state index >= 15 is 0 Å². The molecule has 1 rings (SSSR count). The number of carbonyl (C=O) groups excluding carboxylic acids is 3. The number of hydrogen-bond donors (Lipinski definition) is 0. The summed E-state index contributed by atoms with van der Waals surface area (Å²) in [5.74, 6) is -0.627. The maximum Gasteiger partial charge on any atom is 0.330 e. The zero-order chi connectivity index (χ0) is 15.3. The van der Waals surface area contributed by atoms with E-state index in [2.05, 4.69) is 4.99 Å². The minimum absolute atomic E-state index is 0.0925. The number of amidine groups is 1. The van der Waals surface area contributed by atoms with Crippen molar-refractivity contribution >= 4 is 34.7 Å². The number of nitrogens with zero attached hydrogens (tertiary/aromatic N) is 2. The zero-order valence-electron chi connectivity index (χ0n) is 12.0. The third kappa shape index (κ3) is 4.80. The number of carbonyl (C=O) groups is 3. The molecular formula is C13H18N2O4S. The largest absolute Gasteiger partial charge is 0.463 e. The first kappa shape index (κ1) is 16.4. The van der Waals surface area contributed by atoms with Gasteiger partial charge in [-0.15, -0.1) is 0 Å². The molecule has 20 heavy (non-hydrogen) atoms. The summed E-state index contributed by atoms with van der Waals surface area (Å²) in [6.07, 6.45) is 2.50. The predicted octanol–water partition coefficient (Wildman–Crippen LogP) is 2.00. The van der Waals surface area contributed by atoms with Crippen molar-refractivity contribution in [2.45, 2.75) is 33.2 Å². The van der Waals surface area contributed by atoms with Crippen molar-refractivity contribution in [3.63, 3.8) is 0 Å². The lowest BCUT2D eigenvalue weighted by Gasteiger charge is -2.19. The smallest absolute Gasteiger partial charge is 0.330 e. The lowest BCUT2D eigenvalue weighted by molar-refractivity contribution is -0.137. The summed E-state index contributed by atoms with van der Waals surface area (Å²) in [6.45, 7) is 7.46. The van der Waals surface area contributed by atoms with Crippen molar-refractivity contribution in [1.82, 2.24) is 4.90 Å². The molecule has 0 unspecified atom stereocenters. The average Bonchev–Trinajstić information content (AvgIpc) is 2.64. The molecule has 6 nitrogen and oxygen atoms in total. The summed E-state index contributed by atoms with van der Waals surface area (Å²) in [5, 5.41) is -0.383. The Labute approximate surface area is 122 Å². The van der Waals surface area contributed by atoms with Gasteiger partial charge < -0.3 is 4.74 Å². The van der Waals surface area contributed by atoms with Gasteiger partial charge in [0.25, 0.3) is 5.24 Å². The molecule has 1 aliphatic rings. The van der Waals surface area contributed by atoms with Crippen LogP contribution >= 0.6 is 11.8 Å². The molecule has 1 saturated heterocycles. The highest BCUT2D eigenvalue weighted by atomic mass is 32.2. The number of ether oxygens (including phenoxy) is 1. The fourth-order valence-electron chi connectivity index (χ4n) is 1.41. The van der Waals surface area contributed by atoms with Gasteiger partial charge in [-0.3, -0.25) is 14.6 Å². The summed E-state index contributed by atoms with van der Waals surface area (Å²) in [6, 6.07) is 0. The average molecular weight is 298 g/mol. The van der Waals surface area contributed by atoms with Crippen LogP contribution in [0.4, 0.5) is 4.79 Å². The van der Waals surface area contributed by atoms with E-state index in [-0.39, 0.29) is 29.3 Å². The van der Waals surface area contributed by atoms with Gasteiger partial charge in [0, 0.05) is 6.08 Å². The third-order valence-electron chi connectivity index (χ3n) is 2.09.